The molecule has 2 atom stereocenters. The summed E-state index contributed by atoms with van der Waals surface area (Å²) in [6.45, 7) is 2.39. The lowest BCUT2D eigenvalue weighted by Gasteiger charge is -2.27. The molecule has 166 valence electrons. The minimum absolute atomic E-state index is 0.125. The van der Waals surface area contributed by atoms with Crippen LogP contribution in [0.5, 0.6) is 0 Å². The van der Waals surface area contributed by atoms with E-state index in [1.807, 2.05) is 6.92 Å². The Balaban J connectivity index is 1.52. The van der Waals surface area contributed by atoms with Gasteiger partial charge in [-0.2, -0.15) is 4.31 Å². The van der Waals surface area contributed by atoms with Crippen LogP contribution in [0.2, 0.25) is 5.02 Å². The Morgan fingerprint density at radius 3 is 2.52 bits per heavy atom. The van der Waals surface area contributed by atoms with Crippen LogP contribution in [0.4, 0.5) is 0 Å². The number of rotatable bonds is 6. The normalized spacial score (nSPS) is 20.3. The van der Waals surface area contributed by atoms with Crippen molar-refractivity contribution in [2.75, 3.05) is 6.54 Å². The average Bonchev–Trinajstić information content (AvgIpc) is 3.28. The first-order valence-electron chi connectivity index (χ1n) is 11.1. The van der Waals surface area contributed by atoms with Gasteiger partial charge in [-0.1, -0.05) is 36.7 Å². The van der Waals surface area contributed by atoms with Crippen molar-refractivity contribution in [3.8, 4) is 0 Å². The number of halogens is 1. The van der Waals surface area contributed by atoms with Gasteiger partial charge in [-0.05, 0) is 85.9 Å². The van der Waals surface area contributed by atoms with Crippen LogP contribution >= 0.6 is 11.6 Å². The van der Waals surface area contributed by atoms with Gasteiger partial charge in [-0.15, -0.1) is 0 Å². The molecular formula is C24H29ClN2O3S. The molecule has 1 N–H and O–H groups in total. The van der Waals surface area contributed by atoms with Gasteiger partial charge >= 0.3 is 0 Å². The molecule has 1 saturated heterocycles. The summed E-state index contributed by atoms with van der Waals surface area (Å²) in [5.74, 6) is -0.223. The highest BCUT2D eigenvalue weighted by molar-refractivity contribution is 7.89. The molecule has 1 aliphatic heterocycles. The summed E-state index contributed by atoms with van der Waals surface area (Å²) in [5.41, 5.74) is 3.89. The summed E-state index contributed by atoms with van der Waals surface area (Å²) >= 11 is 5.90. The summed E-state index contributed by atoms with van der Waals surface area (Å²) in [6, 6.07) is 11.8. The Morgan fingerprint density at radius 2 is 1.81 bits per heavy atom. The van der Waals surface area contributed by atoms with Crippen LogP contribution in [0.3, 0.4) is 0 Å². The highest BCUT2D eigenvalue weighted by Gasteiger charge is 2.40. The van der Waals surface area contributed by atoms with E-state index in [1.54, 1.807) is 12.1 Å². The number of fused-ring (bicyclic) bond motifs is 1. The molecule has 0 aromatic heterocycles. The third-order valence-electron chi connectivity index (χ3n) is 6.43. The Kier molecular flexibility index (Phi) is 6.70. The van der Waals surface area contributed by atoms with E-state index in [0.717, 1.165) is 24.8 Å². The van der Waals surface area contributed by atoms with E-state index in [1.165, 1.54) is 40.4 Å². The van der Waals surface area contributed by atoms with Gasteiger partial charge in [0.15, 0.2) is 0 Å². The molecule has 0 saturated carbocycles. The van der Waals surface area contributed by atoms with E-state index in [4.69, 9.17) is 11.6 Å². The molecule has 2 aromatic carbocycles. The van der Waals surface area contributed by atoms with E-state index in [2.05, 4.69) is 23.5 Å². The van der Waals surface area contributed by atoms with E-state index in [9.17, 15) is 13.2 Å². The molecule has 31 heavy (non-hydrogen) atoms. The first-order valence-corrected chi connectivity index (χ1v) is 12.9. The standard InChI is InChI=1S/C24H29ClN2O3S/c1-2-22(19-10-9-17-6-3-4-7-18(17)16-19)26-24(28)23-8-5-15-27(23)31(29,30)21-13-11-20(25)12-14-21/h9-14,16,22-23H,2-8,15H2,1H3,(H,26,28)/t22-,23-/m0/s1. The quantitative estimate of drug-likeness (QED) is 0.682. The minimum atomic E-state index is -3.76. The third-order valence-corrected chi connectivity index (χ3v) is 8.60. The maximum absolute atomic E-state index is 13.2. The zero-order valence-corrected chi connectivity index (χ0v) is 19.4. The van der Waals surface area contributed by atoms with Crippen LogP contribution in [0.15, 0.2) is 47.4 Å². The Bertz CT molecular complexity index is 1050. The summed E-state index contributed by atoms with van der Waals surface area (Å²) in [5, 5.41) is 3.61. The molecule has 1 aliphatic carbocycles. The van der Waals surface area contributed by atoms with Gasteiger partial charge in [0.2, 0.25) is 15.9 Å². The largest absolute Gasteiger partial charge is 0.348 e. The average molecular weight is 461 g/mol. The van der Waals surface area contributed by atoms with Crippen molar-refractivity contribution in [1.82, 2.24) is 9.62 Å². The van der Waals surface area contributed by atoms with Crippen molar-refractivity contribution >= 4 is 27.5 Å². The molecule has 0 unspecified atom stereocenters. The highest BCUT2D eigenvalue weighted by Crippen LogP contribution is 2.29. The first-order chi connectivity index (χ1) is 14.9. The number of sulfonamides is 1. The molecule has 7 heteroatoms. The second-order valence-corrected chi connectivity index (χ2v) is 10.8. The number of hydrogen-bond donors (Lipinski definition) is 1. The van der Waals surface area contributed by atoms with Crippen LogP contribution < -0.4 is 5.32 Å². The summed E-state index contributed by atoms with van der Waals surface area (Å²) < 4.78 is 27.6. The predicted molar refractivity (Wildman–Crippen MR) is 123 cm³/mol. The number of aryl methyl sites for hydroxylation is 2. The monoisotopic (exact) mass is 460 g/mol. The second-order valence-electron chi connectivity index (χ2n) is 8.43. The fourth-order valence-electron chi connectivity index (χ4n) is 4.69. The van der Waals surface area contributed by atoms with Crippen LogP contribution in [0.25, 0.3) is 0 Å². The molecule has 1 fully saturated rings. The van der Waals surface area contributed by atoms with Crippen molar-refractivity contribution in [3.63, 3.8) is 0 Å². The molecule has 2 aliphatic rings. The Morgan fingerprint density at radius 1 is 1.10 bits per heavy atom. The molecule has 1 heterocycles. The smallest absolute Gasteiger partial charge is 0.243 e. The summed E-state index contributed by atoms with van der Waals surface area (Å²) in [4.78, 5) is 13.3. The molecule has 5 nitrogen and oxygen atoms in total. The van der Waals surface area contributed by atoms with Gasteiger partial charge in [-0.25, -0.2) is 8.42 Å². The maximum Gasteiger partial charge on any atom is 0.243 e. The van der Waals surface area contributed by atoms with E-state index >= 15 is 0 Å². The molecule has 0 radical (unpaired) electrons. The van der Waals surface area contributed by atoms with Crippen molar-refractivity contribution in [1.29, 1.82) is 0 Å². The van der Waals surface area contributed by atoms with Crippen molar-refractivity contribution < 1.29 is 13.2 Å². The van der Waals surface area contributed by atoms with Crippen molar-refractivity contribution in [3.05, 3.63) is 64.2 Å². The van der Waals surface area contributed by atoms with E-state index in [-0.39, 0.29) is 16.8 Å². The van der Waals surface area contributed by atoms with Gasteiger partial charge in [0.25, 0.3) is 0 Å². The first kappa shape index (κ1) is 22.3. The number of benzene rings is 2. The number of carbonyl (C=O) groups is 1. The predicted octanol–water partition coefficient (Wildman–Crippen LogP) is 4.64. The summed E-state index contributed by atoms with van der Waals surface area (Å²) in [7, 11) is -3.76. The topological polar surface area (TPSA) is 66.5 Å². The molecule has 2 aromatic rings. The third kappa shape index (κ3) is 4.66. The van der Waals surface area contributed by atoms with Crippen LogP contribution in [-0.4, -0.2) is 31.2 Å². The van der Waals surface area contributed by atoms with Gasteiger partial charge in [0.05, 0.1) is 10.9 Å². The lowest BCUT2D eigenvalue weighted by atomic mass is 9.88. The molecule has 4 rings (SSSR count). The highest BCUT2D eigenvalue weighted by atomic mass is 35.5. The number of hydrogen-bond acceptors (Lipinski definition) is 3. The minimum Gasteiger partial charge on any atom is -0.348 e. The lowest BCUT2D eigenvalue weighted by molar-refractivity contribution is -0.125. The Labute approximate surface area is 189 Å². The Hall–Kier alpha value is -1.89. The van der Waals surface area contributed by atoms with Gasteiger partial charge in [-0.3, -0.25) is 4.79 Å². The van der Waals surface area contributed by atoms with E-state index < -0.39 is 16.1 Å². The molecular weight excluding hydrogens is 432 g/mol. The summed E-state index contributed by atoms with van der Waals surface area (Å²) in [6.07, 6.45) is 6.60. The van der Waals surface area contributed by atoms with Crippen molar-refractivity contribution in [2.45, 2.75) is 68.8 Å². The van der Waals surface area contributed by atoms with E-state index in [0.29, 0.717) is 24.4 Å². The van der Waals surface area contributed by atoms with Crippen LogP contribution in [-0.2, 0) is 27.7 Å². The molecule has 0 bridgehead atoms. The lowest BCUT2D eigenvalue weighted by Crippen LogP contribution is -2.46. The van der Waals surface area contributed by atoms with Gasteiger partial charge in [0, 0.05) is 11.6 Å². The maximum atomic E-state index is 13.2. The van der Waals surface area contributed by atoms with Gasteiger partial charge < -0.3 is 5.32 Å². The number of carbonyl (C=O) groups excluding carboxylic acids is 1. The second kappa shape index (κ2) is 9.31. The SMILES string of the molecule is CC[C@H](NC(=O)[C@@H]1CCCN1S(=O)(=O)c1ccc(Cl)cc1)c1ccc2c(c1)CCCC2. The van der Waals surface area contributed by atoms with Crippen molar-refractivity contribution in [2.24, 2.45) is 0 Å². The zero-order chi connectivity index (χ0) is 22.0. The number of nitrogens with zero attached hydrogens (tertiary/aromatic N) is 1. The molecule has 0 spiro atoms. The fourth-order valence-corrected chi connectivity index (χ4v) is 6.47. The van der Waals surface area contributed by atoms with Crippen LogP contribution in [0.1, 0.15) is 61.8 Å². The van der Waals surface area contributed by atoms with Crippen LogP contribution in [0, 0.1) is 0 Å². The zero-order valence-electron chi connectivity index (χ0n) is 17.8. The molecule has 1 amide bonds. The number of nitrogens with one attached hydrogen (secondary N) is 1. The fraction of sp³-hybridized carbons (Fsp3) is 0.458. The number of amides is 1. The van der Waals surface area contributed by atoms with Gasteiger partial charge in [0.1, 0.15) is 6.04 Å².